The van der Waals surface area contributed by atoms with Gasteiger partial charge in [-0.05, 0) is 44.2 Å². The molecule has 2 rings (SSSR count). The van der Waals surface area contributed by atoms with Gasteiger partial charge in [0.1, 0.15) is 5.82 Å². The molecule has 1 N–H and O–H groups in total. The van der Waals surface area contributed by atoms with Crippen molar-refractivity contribution in [3.63, 3.8) is 0 Å². The molecule has 1 heterocycles. The number of benzene rings is 1. The second kappa shape index (κ2) is 6.71. The molecule has 1 aliphatic rings. The summed E-state index contributed by atoms with van der Waals surface area (Å²) in [6.07, 6.45) is 2.24. The van der Waals surface area contributed by atoms with Crippen LogP contribution in [0, 0.1) is 5.82 Å². The molecule has 100 valence electrons. The first-order valence-corrected chi connectivity index (χ1v) is 6.53. The van der Waals surface area contributed by atoms with Gasteiger partial charge in [0.25, 0.3) is 0 Å². The topological polar surface area (TPSA) is 24.5 Å². The van der Waals surface area contributed by atoms with Gasteiger partial charge in [-0.3, -0.25) is 0 Å². The summed E-state index contributed by atoms with van der Waals surface area (Å²) < 4.78 is 18.1. The summed E-state index contributed by atoms with van der Waals surface area (Å²) in [6, 6.07) is 7.12. The van der Waals surface area contributed by atoms with Gasteiger partial charge >= 0.3 is 0 Å². The number of hydrogen-bond donors (Lipinski definition) is 1. The van der Waals surface area contributed by atoms with E-state index in [0.717, 1.165) is 44.8 Å². The normalized spacial score (nSPS) is 17.1. The highest BCUT2D eigenvalue weighted by Gasteiger charge is 2.17. The highest BCUT2D eigenvalue weighted by Crippen LogP contribution is 2.12. The molecule has 1 saturated heterocycles. The van der Waals surface area contributed by atoms with Crippen LogP contribution in [0.3, 0.4) is 0 Å². The zero-order valence-corrected chi connectivity index (χ0v) is 10.9. The summed E-state index contributed by atoms with van der Waals surface area (Å²) in [6.45, 7) is 3.61. The first-order valence-electron chi connectivity index (χ1n) is 6.53. The molecule has 1 aromatic rings. The second-order valence-corrected chi connectivity index (χ2v) is 4.76. The fourth-order valence-corrected chi connectivity index (χ4v) is 2.25. The van der Waals surface area contributed by atoms with Crippen LogP contribution in [0.1, 0.15) is 12.8 Å². The molecule has 0 unspecified atom stereocenters. The fourth-order valence-electron chi connectivity index (χ4n) is 2.25. The molecule has 0 bridgehead atoms. The smallest absolute Gasteiger partial charge is 0.123 e. The van der Waals surface area contributed by atoms with Crippen molar-refractivity contribution in [3.05, 3.63) is 30.1 Å². The minimum absolute atomic E-state index is 0.195. The summed E-state index contributed by atoms with van der Waals surface area (Å²) in [5.74, 6) is -0.195. The highest BCUT2D eigenvalue weighted by atomic mass is 19.1. The summed E-state index contributed by atoms with van der Waals surface area (Å²) in [4.78, 5) is 2.37. The van der Waals surface area contributed by atoms with E-state index < -0.39 is 0 Å². The van der Waals surface area contributed by atoms with Gasteiger partial charge < -0.3 is 15.0 Å². The molecule has 0 aliphatic carbocycles. The van der Waals surface area contributed by atoms with Gasteiger partial charge in [-0.2, -0.15) is 0 Å². The lowest BCUT2D eigenvalue weighted by atomic mass is 10.1. The summed E-state index contributed by atoms with van der Waals surface area (Å²) in [7, 11) is 2.16. The predicted molar refractivity (Wildman–Crippen MR) is 71.4 cm³/mol. The van der Waals surface area contributed by atoms with Crippen LogP contribution in [-0.2, 0) is 4.74 Å². The average Bonchev–Trinajstić information content (AvgIpc) is 2.42. The highest BCUT2D eigenvalue weighted by molar-refractivity contribution is 5.42. The van der Waals surface area contributed by atoms with Crippen molar-refractivity contribution in [3.8, 4) is 0 Å². The Bertz CT molecular complexity index is 349. The number of ether oxygens (including phenoxy) is 1. The maximum Gasteiger partial charge on any atom is 0.123 e. The van der Waals surface area contributed by atoms with Crippen LogP contribution < -0.4 is 5.32 Å². The van der Waals surface area contributed by atoms with Gasteiger partial charge in [0.05, 0.1) is 0 Å². The fraction of sp³-hybridized carbons (Fsp3) is 0.571. The molecule has 0 spiro atoms. The van der Waals surface area contributed by atoms with E-state index >= 15 is 0 Å². The molecule has 0 amide bonds. The van der Waals surface area contributed by atoms with Crippen molar-refractivity contribution >= 4 is 5.69 Å². The Labute approximate surface area is 108 Å². The largest absolute Gasteiger partial charge is 0.384 e. The Kier molecular flexibility index (Phi) is 4.96. The van der Waals surface area contributed by atoms with Gasteiger partial charge in [0, 0.05) is 38.0 Å². The quantitative estimate of drug-likeness (QED) is 0.870. The van der Waals surface area contributed by atoms with Crippen LogP contribution in [0.25, 0.3) is 0 Å². The molecule has 0 atom stereocenters. The average molecular weight is 252 g/mol. The van der Waals surface area contributed by atoms with Gasteiger partial charge in [0.2, 0.25) is 0 Å². The minimum atomic E-state index is -0.195. The van der Waals surface area contributed by atoms with E-state index in [-0.39, 0.29) is 5.82 Å². The third-order valence-corrected chi connectivity index (χ3v) is 3.45. The second-order valence-electron chi connectivity index (χ2n) is 4.76. The third kappa shape index (κ3) is 3.96. The van der Waals surface area contributed by atoms with Crippen molar-refractivity contribution in [1.82, 2.24) is 4.90 Å². The van der Waals surface area contributed by atoms with E-state index in [0.29, 0.717) is 6.04 Å². The zero-order valence-electron chi connectivity index (χ0n) is 10.9. The van der Waals surface area contributed by atoms with E-state index in [1.54, 1.807) is 12.1 Å². The van der Waals surface area contributed by atoms with Gasteiger partial charge in [-0.15, -0.1) is 0 Å². The van der Waals surface area contributed by atoms with Gasteiger partial charge in [0.15, 0.2) is 0 Å². The maximum absolute atomic E-state index is 12.7. The van der Waals surface area contributed by atoms with E-state index in [4.69, 9.17) is 4.74 Å². The Morgan fingerprint density at radius 3 is 2.61 bits per heavy atom. The first-order chi connectivity index (χ1) is 8.75. The maximum atomic E-state index is 12.7. The molecule has 0 saturated carbocycles. The van der Waals surface area contributed by atoms with Crippen LogP contribution in [0.15, 0.2) is 24.3 Å². The SMILES string of the molecule is CN(CCNc1ccc(F)cc1)C1CCOCC1. The van der Waals surface area contributed by atoms with Crippen LogP contribution in [-0.4, -0.2) is 44.3 Å². The van der Waals surface area contributed by atoms with Crippen molar-refractivity contribution in [1.29, 1.82) is 0 Å². The molecule has 0 radical (unpaired) electrons. The van der Waals surface area contributed by atoms with Gasteiger partial charge in [-0.25, -0.2) is 4.39 Å². The Balaban J connectivity index is 1.69. The molecule has 1 aliphatic heterocycles. The standard InChI is InChI=1S/C14H21FN2O/c1-17(14-6-10-18-11-7-14)9-8-16-13-4-2-12(15)3-5-13/h2-5,14,16H,6-11H2,1H3. The number of nitrogens with zero attached hydrogens (tertiary/aromatic N) is 1. The van der Waals surface area contributed by atoms with Crippen LogP contribution in [0.5, 0.6) is 0 Å². The predicted octanol–water partition coefficient (Wildman–Crippen LogP) is 2.35. The molecule has 4 heteroatoms. The number of anilines is 1. The van der Waals surface area contributed by atoms with Crippen LogP contribution in [0.2, 0.25) is 0 Å². The lowest BCUT2D eigenvalue weighted by Gasteiger charge is -2.31. The Hall–Kier alpha value is -1.13. The van der Waals surface area contributed by atoms with E-state index in [2.05, 4.69) is 17.3 Å². The summed E-state index contributed by atoms with van der Waals surface area (Å²) in [5.41, 5.74) is 0.969. The van der Waals surface area contributed by atoms with Crippen molar-refractivity contribution in [2.24, 2.45) is 0 Å². The third-order valence-electron chi connectivity index (χ3n) is 3.45. The van der Waals surface area contributed by atoms with E-state index in [1.807, 2.05) is 0 Å². The van der Waals surface area contributed by atoms with Crippen LogP contribution >= 0.6 is 0 Å². The molecule has 18 heavy (non-hydrogen) atoms. The number of nitrogens with one attached hydrogen (secondary N) is 1. The molecule has 1 aromatic carbocycles. The number of hydrogen-bond acceptors (Lipinski definition) is 3. The summed E-state index contributed by atoms with van der Waals surface area (Å²) >= 11 is 0. The minimum Gasteiger partial charge on any atom is -0.384 e. The monoisotopic (exact) mass is 252 g/mol. The van der Waals surface area contributed by atoms with E-state index in [9.17, 15) is 4.39 Å². The lowest BCUT2D eigenvalue weighted by molar-refractivity contribution is 0.0443. The molecule has 0 aromatic heterocycles. The lowest BCUT2D eigenvalue weighted by Crippen LogP contribution is -2.39. The van der Waals surface area contributed by atoms with Gasteiger partial charge in [-0.1, -0.05) is 0 Å². The first kappa shape index (κ1) is 13.3. The van der Waals surface area contributed by atoms with Crippen molar-refractivity contribution in [2.75, 3.05) is 38.7 Å². The number of rotatable bonds is 5. The molecule has 1 fully saturated rings. The molecular formula is C14H21FN2O. The van der Waals surface area contributed by atoms with Crippen molar-refractivity contribution in [2.45, 2.75) is 18.9 Å². The number of likely N-dealkylation sites (N-methyl/N-ethyl adjacent to an activating group) is 1. The number of halogens is 1. The molecular weight excluding hydrogens is 231 g/mol. The van der Waals surface area contributed by atoms with Crippen molar-refractivity contribution < 1.29 is 9.13 Å². The Morgan fingerprint density at radius 1 is 1.28 bits per heavy atom. The van der Waals surface area contributed by atoms with E-state index in [1.165, 1.54) is 12.1 Å². The molecule has 3 nitrogen and oxygen atoms in total. The Morgan fingerprint density at radius 2 is 1.94 bits per heavy atom. The van der Waals surface area contributed by atoms with Crippen LogP contribution in [0.4, 0.5) is 10.1 Å². The summed E-state index contributed by atoms with van der Waals surface area (Å²) in [5, 5.41) is 3.30. The zero-order chi connectivity index (χ0) is 12.8.